The molecule has 0 radical (unpaired) electrons. The van der Waals surface area contributed by atoms with Crippen LogP contribution in [-0.2, 0) is 10.2 Å². The zero-order valence-corrected chi connectivity index (χ0v) is 10.9. The molecule has 100 valence electrons. The molecule has 0 saturated carbocycles. The summed E-state index contributed by atoms with van der Waals surface area (Å²) in [6.45, 7) is 1.09. The van der Waals surface area contributed by atoms with Crippen LogP contribution < -0.4 is 10.6 Å². The SMILES string of the molecule is CN1C(=O)C2(CCN(C(N)=O)CC2)c2ccccc21. The number of fused-ring (bicyclic) bond motifs is 2. The summed E-state index contributed by atoms with van der Waals surface area (Å²) in [7, 11) is 1.82. The lowest BCUT2D eigenvalue weighted by Crippen LogP contribution is -2.50. The summed E-state index contributed by atoms with van der Waals surface area (Å²) in [5.41, 5.74) is 6.92. The number of urea groups is 1. The van der Waals surface area contributed by atoms with Gasteiger partial charge in [-0.2, -0.15) is 0 Å². The number of nitrogens with two attached hydrogens (primary N) is 1. The molecule has 5 nitrogen and oxygen atoms in total. The van der Waals surface area contributed by atoms with E-state index in [1.165, 1.54) is 0 Å². The number of para-hydroxylation sites is 1. The number of benzene rings is 1. The zero-order chi connectivity index (χ0) is 13.6. The number of likely N-dealkylation sites (N-methyl/N-ethyl adjacent to an activating group) is 1. The van der Waals surface area contributed by atoms with E-state index in [9.17, 15) is 9.59 Å². The second kappa shape index (κ2) is 3.98. The lowest BCUT2D eigenvalue weighted by atomic mass is 9.74. The van der Waals surface area contributed by atoms with Gasteiger partial charge in [-0.1, -0.05) is 18.2 Å². The minimum Gasteiger partial charge on any atom is -0.351 e. The van der Waals surface area contributed by atoms with E-state index in [1.807, 2.05) is 31.3 Å². The van der Waals surface area contributed by atoms with Crippen molar-refractivity contribution in [2.45, 2.75) is 18.3 Å². The Hall–Kier alpha value is -2.04. The van der Waals surface area contributed by atoms with Crippen molar-refractivity contribution in [3.05, 3.63) is 29.8 Å². The van der Waals surface area contributed by atoms with E-state index >= 15 is 0 Å². The van der Waals surface area contributed by atoms with E-state index in [0.717, 1.165) is 11.3 Å². The van der Waals surface area contributed by atoms with Crippen molar-refractivity contribution in [3.8, 4) is 0 Å². The van der Waals surface area contributed by atoms with Gasteiger partial charge in [0.2, 0.25) is 5.91 Å². The standard InChI is InChI=1S/C14H17N3O2/c1-16-11-5-3-2-4-10(11)14(12(16)18)6-8-17(9-7-14)13(15)19/h2-5H,6-9H2,1H3,(H2,15,19). The molecular formula is C14H17N3O2. The van der Waals surface area contributed by atoms with Crippen molar-refractivity contribution in [2.75, 3.05) is 25.0 Å². The lowest BCUT2D eigenvalue weighted by Gasteiger charge is -2.37. The van der Waals surface area contributed by atoms with Gasteiger partial charge in [0, 0.05) is 25.8 Å². The number of carbonyl (C=O) groups excluding carboxylic acids is 2. The number of likely N-dealkylation sites (tertiary alicyclic amines) is 1. The average Bonchev–Trinajstić information content (AvgIpc) is 2.63. The fraction of sp³-hybridized carbons (Fsp3) is 0.429. The van der Waals surface area contributed by atoms with Gasteiger partial charge in [0.1, 0.15) is 0 Å². The summed E-state index contributed by atoms with van der Waals surface area (Å²) in [6.07, 6.45) is 1.30. The van der Waals surface area contributed by atoms with Gasteiger partial charge in [0.15, 0.2) is 0 Å². The molecule has 19 heavy (non-hydrogen) atoms. The van der Waals surface area contributed by atoms with Crippen LogP contribution in [0.2, 0.25) is 0 Å². The molecule has 3 amide bonds. The van der Waals surface area contributed by atoms with Crippen LogP contribution in [-0.4, -0.2) is 37.0 Å². The second-order valence-corrected chi connectivity index (χ2v) is 5.29. The molecule has 5 heteroatoms. The largest absolute Gasteiger partial charge is 0.351 e. The van der Waals surface area contributed by atoms with Crippen LogP contribution in [0.15, 0.2) is 24.3 Å². The molecule has 0 aromatic heterocycles. The first-order chi connectivity index (χ1) is 9.06. The number of piperidine rings is 1. The first-order valence-electron chi connectivity index (χ1n) is 6.48. The Bertz CT molecular complexity index is 547. The van der Waals surface area contributed by atoms with Crippen molar-refractivity contribution >= 4 is 17.6 Å². The van der Waals surface area contributed by atoms with Crippen LogP contribution in [0.1, 0.15) is 18.4 Å². The van der Waals surface area contributed by atoms with Gasteiger partial charge >= 0.3 is 6.03 Å². The first-order valence-corrected chi connectivity index (χ1v) is 6.48. The van der Waals surface area contributed by atoms with Gasteiger partial charge in [-0.3, -0.25) is 4.79 Å². The highest BCUT2D eigenvalue weighted by molar-refractivity contribution is 6.07. The van der Waals surface area contributed by atoms with Crippen molar-refractivity contribution in [2.24, 2.45) is 5.73 Å². The third-order valence-corrected chi connectivity index (χ3v) is 4.42. The Morgan fingerprint density at radius 1 is 1.26 bits per heavy atom. The minimum absolute atomic E-state index is 0.137. The Morgan fingerprint density at radius 2 is 1.89 bits per heavy atom. The minimum atomic E-state index is -0.461. The van der Waals surface area contributed by atoms with Crippen LogP contribution >= 0.6 is 0 Å². The lowest BCUT2D eigenvalue weighted by molar-refractivity contribution is -0.124. The maximum absolute atomic E-state index is 12.6. The maximum atomic E-state index is 12.6. The Balaban J connectivity index is 1.98. The third-order valence-electron chi connectivity index (χ3n) is 4.42. The van der Waals surface area contributed by atoms with Crippen molar-refractivity contribution < 1.29 is 9.59 Å². The molecule has 0 atom stereocenters. The van der Waals surface area contributed by atoms with E-state index < -0.39 is 11.4 Å². The average molecular weight is 259 g/mol. The Kier molecular flexibility index (Phi) is 2.52. The van der Waals surface area contributed by atoms with Crippen LogP contribution in [0.4, 0.5) is 10.5 Å². The van der Waals surface area contributed by atoms with Gasteiger partial charge in [0.05, 0.1) is 5.41 Å². The highest BCUT2D eigenvalue weighted by Crippen LogP contribution is 2.47. The summed E-state index contributed by atoms with van der Waals surface area (Å²) in [6, 6.07) is 7.51. The molecule has 0 aliphatic carbocycles. The van der Waals surface area contributed by atoms with Crippen LogP contribution in [0.25, 0.3) is 0 Å². The molecule has 2 aliphatic heterocycles. The summed E-state index contributed by atoms with van der Waals surface area (Å²) in [5.74, 6) is 0.137. The maximum Gasteiger partial charge on any atom is 0.314 e. The topological polar surface area (TPSA) is 66.6 Å². The third kappa shape index (κ3) is 1.54. The van der Waals surface area contributed by atoms with Gasteiger partial charge in [-0.05, 0) is 24.5 Å². The summed E-state index contributed by atoms with van der Waals surface area (Å²) in [5, 5.41) is 0. The number of nitrogens with zero attached hydrogens (tertiary/aromatic N) is 2. The van der Waals surface area contributed by atoms with E-state index in [2.05, 4.69) is 0 Å². The molecule has 1 aromatic carbocycles. The van der Waals surface area contributed by atoms with Gasteiger partial charge in [-0.15, -0.1) is 0 Å². The highest BCUT2D eigenvalue weighted by Gasteiger charge is 2.51. The van der Waals surface area contributed by atoms with Gasteiger partial charge in [0.25, 0.3) is 0 Å². The second-order valence-electron chi connectivity index (χ2n) is 5.29. The van der Waals surface area contributed by atoms with Crippen LogP contribution in [0.3, 0.4) is 0 Å². The Labute approximate surface area is 112 Å². The van der Waals surface area contributed by atoms with Crippen molar-refractivity contribution in [1.29, 1.82) is 0 Å². The molecule has 2 heterocycles. The number of anilines is 1. The first kappa shape index (κ1) is 12.0. The van der Waals surface area contributed by atoms with Crippen molar-refractivity contribution in [3.63, 3.8) is 0 Å². The summed E-state index contributed by atoms with van der Waals surface area (Å²) in [4.78, 5) is 27.2. The predicted molar refractivity (Wildman–Crippen MR) is 71.9 cm³/mol. The molecule has 1 aromatic rings. The zero-order valence-electron chi connectivity index (χ0n) is 10.9. The number of hydrogen-bond donors (Lipinski definition) is 1. The van der Waals surface area contributed by atoms with Crippen LogP contribution in [0.5, 0.6) is 0 Å². The molecule has 3 rings (SSSR count). The molecule has 2 N–H and O–H groups in total. The fourth-order valence-electron chi connectivity index (χ4n) is 3.31. The molecule has 1 spiro atoms. The molecule has 1 saturated heterocycles. The molecule has 2 aliphatic rings. The van der Waals surface area contributed by atoms with Crippen molar-refractivity contribution in [1.82, 2.24) is 4.90 Å². The van der Waals surface area contributed by atoms with E-state index in [4.69, 9.17) is 5.73 Å². The number of rotatable bonds is 0. The van der Waals surface area contributed by atoms with E-state index in [0.29, 0.717) is 25.9 Å². The normalized spacial score (nSPS) is 20.8. The fourth-order valence-corrected chi connectivity index (χ4v) is 3.31. The predicted octanol–water partition coefficient (Wildman–Crippen LogP) is 1.08. The Morgan fingerprint density at radius 3 is 2.53 bits per heavy atom. The molecular weight excluding hydrogens is 242 g/mol. The van der Waals surface area contributed by atoms with Crippen LogP contribution in [0, 0.1) is 0 Å². The molecule has 1 fully saturated rings. The summed E-state index contributed by atoms with van der Waals surface area (Å²) < 4.78 is 0. The quantitative estimate of drug-likeness (QED) is 0.757. The molecule has 0 bridgehead atoms. The number of primary amides is 1. The van der Waals surface area contributed by atoms with Gasteiger partial charge < -0.3 is 15.5 Å². The van der Waals surface area contributed by atoms with Gasteiger partial charge in [-0.25, -0.2) is 4.79 Å². The monoisotopic (exact) mass is 259 g/mol. The smallest absolute Gasteiger partial charge is 0.314 e. The van der Waals surface area contributed by atoms with E-state index in [-0.39, 0.29) is 5.91 Å². The highest BCUT2D eigenvalue weighted by atomic mass is 16.2. The number of hydrogen-bond acceptors (Lipinski definition) is 2. The number of amides is 3. The molecule has 0 unspecified atom stereocenters. The van der Waals surface area contributed by atoms with E-state index in [1.54, 1.807) is 9.80 Å². The summed E-state index contributed by atoms with van der Waals surface area (Å²) >= 11 is 0. The number of carbonyl (C=O) groups is 2.